The third-order valence-corrected chi connectivity index (χ3v) is 5.65. The van der Waals surface area contributed by atoms with Gasteiger partial charge in [-0.3, -0.25) is 0 Å². The molecule has 0 amide bonds. The van der Waals surface area contributed by atoms with Crippen molar-refractivity contribution in [1.82, 2.24) is 0 Å². The van der Waals surface area contributed by atoms with Crippen LogP contribution in [-0.4, -0.2) is 185 Å². The second-order valence-electron chi connectivity index (χ2n) is 9.33. The Morgan fingerprint density at radius 3 is 0.917 bits per heavy atom. The highest BCUT2D eigenvalue weighted by Gasteiger charge is 2.19. The van der Waals surface area contributed by atoms with Crippen LogP contribution in [0.5, 0.6) is 17.2 Å². The lowest BCUT2D eigenvalue weighted by atomic mass is 10.2. The van der Waals surface area contributed by atoms with Gasteiger partial charge in [0.2, 0.25) is 5.75 Å². The number of aliphatic hydroxyl groups excluding tert-OH is 3. The van der Waals surface area contributed by atoms with Crippen molar-refractivity contribution in [2.45, 2.75) is 0 Å². The third kappa shape index (κ3) is 24.7. The molecule has 0 spiro atoms. The van der Waals surface area contributed by atoms with E-state index in [1.165, 1.54) is 12.1 Å². The molecule has 0 atom stereocenters. The van der Waals surface area contributed by atoms with Gasteiger partial charge in [-0.25, -0.2) is 4.79 Å². The number of rotatable bonds is 37. The Hall–Kier alpha value is -2.39. The minimum absolute atomic E-state index is 0.0391. The predicted molar refractivity (Wildman–Crippen MR) is 169 cm³/mol. The molecule has 0 radical (unpaired) electrons. The van der Waals surface area contributed by atoms with Crippen molar-refractivity contribution in [1.29, 1.82) is 0 Å². The van der Waals surface area contributed by atoms with E-state index in [0.717, 1.165) is 0 Å². The Labute approximate surface area is 281 Å². The number of aliphatic hydroxyl groups is 3. The Kier molecular flexibility index (Phi) is 30.1. The highest BCUT2D eigenvalue weighted by molar-refractivity contribution is 5.89. The number of ether oxygens (including phenoxy) is 12. The number of carboxylic acid groups (broad SMARTS) is 1. The summed E-state index contributed by atoms with van der Waals surface area (Å²) in [5.74, 6) is -0.642. The lowest BCUT2D eigenvalue weighted by Crippen LogP contribution is -2.16. The monoisotopic (exact) mass is 698 g/mol. The zero-order valence-corrected chi connectivity index (χ0v) is 27.7. The quantitative estimate of drug-likeness (QED) is 0.0655. The molecule has 0 saturated carbocycles. The van der Waals surface area contributed by atoms with Crippen molar-refractivity contribution in [3.63, 3.8) is 0 Å². The minimum atomic E-state index is -1.17. The largest absolute Gasteiger partial charge is 0.487 e. The maximum Gasteiger partial charge on any atom is 0.335 e. The van der Waals surface area contributed by atoms with Crippen molar-refractivity contribution >= 4 is 5.97 Å². The zero-order valence-electron chi connectivity index (χ0n) is 27.7. The first-order valence-electron chi connectivity index (χ1n) is 16.0. The van der Waals surface area contributed by atoms with Gasteiger partial charge in [0, 0.05) is 0 Å². The molecule has 0 aliphatic rings. The molecular formula is C31H54O17. The van der Waals surface area contributed by atoms with Gasteiger partial charge in [0.05, 0.1) is 144 Å². The van der Waals surface area contributed by atoms with Gasteiger partial charge >= 0.3 is 5.97 Å². The van der Waals surface area contributed by atoms with E-state index in [1.54, 1.807) is 0 Å². The maximum absolute atomic E-state index is 11.9. The van der Waals surface area contributed by atoms with Crippen molar-refractivity contribution in [2.75, 3.05) is 159 Å². The fourth-order valence-corrected chi connectivity index (χ4v) is 3.50. The molecule has 17 nitrogen and oxygen atoms in total. The molecule has 4 N–H and O–H groups in total. The standard InChI is InChI=1S/C31H54O17/c32-1-4-37-7-10-40-13-16-43-19-22-46-28-25-27(31(35)36)26-29(47-23-20-44-17-14-41-11-8-38-5-2-33)30(28)48-24-21-45-18-15-42-12-9-39-6-3-34/h25-26,32-34H,1-24H2,(H,35,36). The molecule has 1 rings (SSSR count). The molecule has 0 heterocycles. The number of hydrogen-bond acceptors (Lipinski definition) is 16. The van der Waals surface area contributed by atoms with Crippen LogP contribution in [0.1, 0.15) is 10.4 Å². The summed E-state index contributed by atoms with van der Waals surface area (Å²) in [6, 6.07) is 2.71. The van der Waals surface area contributed by atoms with Gasteiger partial charge in [-0.1, -0.05) is 0 Å². The second kappa shape index (κ2) is 33.1. The van der Waals surface area contributed by atoms with Crippen LogP contribution in [0.4, 0.5) is 0 Å². The summed E-state index contributed by atoms with van der Waals surface area (Å²) >= 11 is 0. The molecule has 17 heteroatoms. The average molecular weight is 699 g/mol. The van der Waals surface area contributed by atoms with Crippen LogP contribution in [0, 0.1) is 0 Å². The summed E-state index contributed by atoms with van der Waals surface area (Å²) in [4.78, 5) is 11.9. The Morgan fingerprint density at radius 2 is 0.646 bits per heavy atom. The van der Waals surface area contributed by atoms with Crippen molar-refractivity contribution in [2.24, 2.45) is 0 Å². The van der Waals surface area contributed by atoms with Crippen LogP contribution in [-0.2, 0) is 42.6 Å². The summed E-state index contributed by atoms with van der Waals surface area (Å²) in [6.07, 6.45) is 0. The van der Waals surface area contributed by atoms with Crippen molar-refractivity contribution in [3.05, 3.63) is 17.7 Å². The van der Waals surface area contributed by atoms with Gasteiger partial charge in [0.25, 0.3) is 0 Å². The lowest BCUT2D eigenvalue weighted by Gasteiger charge is -2.18. The van der Waals surface area contributed by atoms with E-state index in [-0.39, 0.29) is 102 Å². The summed E-state index contributed by atoms with van der Waals surface area (Å²) in [5, 5.41) is 35.8. The molecule has 0 aliphatic carbocycles. The fraction of sp³-hybridized carbons (Fsp3) is 0.774. The van der Waals surface area contributed by atoms with Gasteiger partial charge in [0.1, 0.15) is 19.8 Å². The first-order chi connectivity index (χ1) is 23.6. The van der Waals surface area contributed by atoms with Gasteiger partial charge in [-0.2, -0.15) is 0 Å². The molecular weight excluding hydrogens is 644 g/mol. The molecule has 280 valence electrons. The third-order valence-electron chi connectivity index (χ3n) is 5.65. The summed E-state index contributed by atoms with van der Waals surface area (Å²) in [5.41, 5.74) is -0.0563. The van der Waals surface area contributed by atoms with Gasteiger partial charge in [-0.15, -0.1) is 0 Å². The molecule has 1 aromatic carbocycles. The first kappa shape index (κ1) is 43.6. The molecule has 0 aromatic heterocycles. The van der Waals surface area contributed by atoms with Crippen LogP contribution in [0.3, 0.4) is 0 Å². The van der Waals surface area contributed by atoms with Crippen LogP contribution < -0.4 is 14.2 Å². The molecule has 1 aromatic rings. The van der Waals surface area contributed by atoms with Crippen molar-refractivity contribution in [3.8, 4) is 17.2 Å². The van der Waals surface area contributed by atoms with E-state index in [1.807, 2.05) is 0 Å². The smallest absolute Gasteiger partial charge is 0.335 e. The maximum atomic E-state index is 11.9. The molecule has 0 bridgehead atoms. The molecule has 48 heavy (non-hydrogen) atoms. The van der Waals surface area contributed by atoms with Gasteiger partial charge in [-0.05, 0) is 12.1 Å². The fourth-order valence-electron chi connectivity index (χ4n) is 3.50. The number of benzene rings is 1. The number of hydrogen-bond donors (Lipinski definition) is 4. The second-order valence-corrected chi connectivity index (χ2v) is 9.33. The summed E-state index contributed by atoms with van der Waals surface area (Å²) in [7, 11) is 0. The van der Waals surface area contributed by atoms with Gasteiger partial charge < -0.3 is 77.3 Å². The SMILES string of the molecule is O=C(O)c1cc(OCCOCCOCCOCCO)c(OCCOCCOCCOCCO)c(OCCOCCOCCOCCO)c1. The highest BCUT2D eigenvalue weighted by Crippen LogP contribution is 2.39. The Morgan fingerprint density at radius 1 is 0.396 bits per heavy atom. The predicted octanol–water partition coefficient (Wildman–Crippen LogP) is -0.352. The normalized spacial score (nSPS) is 11.2. The lowest BCUT2D eigenvalue weighted by molar-refractivity contribution is 0.00155. The van der Waals surface area contributed by atoms with E-state index in [2.05, 4.69) is 0 Å². The molecule has 0 fully saturated rings. The average Bonchev–Trinajstić information content (AvgIpc) is 3.08. The van der Waals surface area contributed by atoms with E-state index in [9.17, 15) is 9.90 Å². The van der Waals surface area contributed by atoms with Gasteiger partial charge in [0.15, 0.2) is 11.5 Å². The number of aromatic carboxylic acids is 1. The van der Waals surface area contributed by atoms with E-state index in [0.29, 0.717) is 79.3 Å². The van der Waals surface area contributed by atoms with Crippen LogP contribution >= 0.6 is 0 Å². The van der Waals surface area contributed by atoms with Crippen LogP contribution in [0.25, 0.3) is 0 Å². The van der Waals surface area contributed by atoms with E-state index in [4.69, 9.17) is 72.2 Å². The first-order valence-corrected chi connectivity index (χ1v) is 16.0. The summed E-state index contributed by atoms with van der Waals surface area (Å²) < 4.78 is 65.8. The molecule has 0 saturated heterocycles. The van der Waals surface area contributed by atoms with Crippen LogP contribution in [0.2, 0.25) is 0 Å². The van der Waals surface area contributed by atoms with Crippen molar-refractivity contribution < 1.29 is 82.1 Å². The molecule has 0 aliphatic heterocycles. The van der Waals surface area contributed by atoms with E-state index >= 15 is 0 Å². The Bertz CT molecular complexity index is 828. The molecule has 0 unspecified atom stereocenters. The number of carbonyl (C=O) groups is 1. The topological polar surface area (TPSA) is 209 Å². The van der Waals surface area contributed by atoms with Crippen LogP contribution in [0.15, 0.2) is 12.1 Å². The Balaban J connectivity index is 2.61. The number of carboxylic acids is 1. The minimum Gasteiger partial charge on any atom is -0.487 e. The summed E-state index contributed by atoms with van der Waals surface area (Å²) in [6.45, 7) is 5.86. The van der Waals surface area contributed by atoms with E-state index < -0.39 is 5.97 Å². The zero-order chi connectivity index (χ0) is 34.8. The highest BCUT2D eigenvalue weighted by atomic mass is 16.6.